The molecule has 0 saturated carbocycles. The van der Waals surface area contributed by atoms with Gasteiger partial charge in [0.2, 0.25) is 0 Å². The summed E-state index contributed by atoms with van der Waals surface area (Å²) in [5, 5.41) is 7.99. The number of hydrogen-bond donors (Lipinski definition) is 1. The van der Waals surface area contributed by atoms with Crippen LogP contribution in [0.3, 0.4) is 0 Å². The lowest BCUT2D eigenvalue weighted by molar-refractivity contribution is 0.0971. The summed E-state index contributed by atoms with van der Waals surface area (Å²) < 4.78 is 1.76. The van der Waals surface area contributed by atoms with Crippen LogP contribution < -0.4 is 4.80 Å². The van der Waals surface area contributed by atoms with Gasteiger partial charge in [-0.15, -0.1) is 11.3 Å². The predicted octanol–water partition coefficient (Wildman–Crippen LogP) is 4.03. The summed E-state index contributed by atoms with van der Waals surface area (Å²) in [6.45, 7) is 2.46. The van der Waals surface area contributed by atoms with Crippen LogP contribution in [-0.4, -0.2) is 10.4 Å². The highest BCUT2D eigenvalue weighted by molar-refractivity contribution is 7.09. The smallest absolute Gasteiger partial charge is 0.182 e. The zero-order valence-corrected chi connectivity index (χ0v) is 13.3. The quantitative estimate of drug-likeness (QED) is 0.580. The molecule has 1 N–H and O–H groups in total. The Hall–Kier alpha value is -1.68. The molecule has 0 radical (unpaired) electrons. The van der Waals surface area contributed by atoms with Gasteiger partial charge in [-0.3, -0.25) is 10.2 Å². The summed E-state index contributed by atoms with van der Waals surface area (Å²) >= 11 is 1.49. The van der Waals surface area contributed by atoms with Gasteiger partial charge in [-0.1, -0.05) is 56.5 Å². The first kappa shape index (κ1) is 15.7. The highest BCUT2D eigenvalue weighted by Gasteiger charge is 2.08. The van der Waals surface area contributed by atoms with Crippen molar-refractivity contribution in [3.8, 4) is 0 Å². The standard InChI is InChI=1S/C17H22N2OS/c1-2-3-4-8-11-15-12-19(17(18)21-15)13-16(20)14-9-6-5-7-10-14/h5-7,9-10,12,18H,2-4,8,11,13H2,1H3. The molecule has 0 amide bonds. The normalized spacial score (nSPS) is 10.7. The van der Waals surface area contributed by atoms with Crippen molar-refractivity contribution in [1.82, 2.24) is 4.57 Å². The monoisotopic (exact) mass is 302 g/mol. The fourth-order valence-corrected chi connectivity index (χ4v) is 3.18. The van der Waals surface area contributed by atoms with E-state index in [4.69, 9.17) is 5.41 Å². The second-order valence-corrected chi connectivity index (χ2v) is 6.35. The van der Waals surface area contributed by atoms with Crippen molar-refractivity contribution in [2.75, 3.05) is 0 Å². The number of nitrogens with one attached hydrogen (secondary N) is 1. The molecule has 0 fully saturated rings. The van der Waals surface area contributed by atoms with Gasteiger partial charge >= 0.3 is 0 Å². The molecule has 1 aromatic heterocycles. The fraction of sp³-hybridized carbons (Fsp3) is 0.412. The molecule has 21 heavy (non-hydrogen) atoms. The SMILES string of the molecule is CCCCCCc1cn(CC(=O)c2ccccc2)c(=N)s1. The van der Waals surface area contributed by atoms with Crippen molar-refractivity contribution in [3.63, 3.8) is 0 Å². The number of carbonyl (C=O) groups is 1. The minimum absolute atomic E-state index is 0.0597. The van der Waals surface area contributed by atoms with E-state index in [0.29, 0.717) is 10.4 Å². The van der Waals surface area contributed by atoms with Gasteiger partial charge in [0.15, 0.2) is 10.6 Å². The molecular weight excluding hydrogens is 280 g/mol. The van der Waals surface area contributed by atoms with Gasteiger partial charge in [-0.25, -0.2) is 0 Å². The summed E-state index contributed by atoms with van der Waals surface area (Å²) in [7, 11) is 0. The van der Waals surface area contributed by atoms with Crippen molar-refractivity contribution >= 4 is 17.1 Å². The molecule has 1 aromatic carbocycles. The van der Waals surface area contributed by atoms with E-state index in [1.807, 2.05) is 36.5 Å². The Kier molecular flexibility index (Phi) is 5.93. The summed E-state index contributed by atoms with van der Waals surface area (Å²) in [5.74, 6) is 0.0597. The van der Waals surface area contributed by atoms with E-state index in [0.717, 1.165) is 6.42 Å². The average Bonchev–Trinajstić information content (AvgIpc) is 2.85. The zero-order valence-electron chi connectivity index (χ0n) is 12.5. The van der Waals surface area contributed by atoms with Crippen LogP contribution in [0.5, 0.6) is 0 Å². The number of thiazole rings is 1. The molecule has 0 atom stereocenters. The lowest BCUT2D eigenvalue weighted by Crippen LogP contribution is -2.18. The highest BCUT2D eigenvalue weighted by Crippen LogP contribution is 2.11. The Morgan fingerprint density at radius 1 is 1.19 bits per heavy atom. The van der Waals surface area contributed by atoms with Gasteiger partial charge in [-0.05, 0) is 12.8 Å². The number of ketones is 1. The Morgan fingerprint density at radius 2 is 1.95 bits per heavy atom. The Bertz CT molecular complexity index is 628. The van der Waals surface area contributed by atoms with Gasteiger partial charge in [-0.2, -0.15) is 0 Å². The van der Waals surface area contributed by atoms with Crippen molar-refractivity contribution in [3.05, 3.63) is 51.8 Å². The van der Waals surface area contributed by atoms with Crippen LogP contribution in [0.2, 0.25) is 0 Å². The number of benzene rings is 1. The molecule has 2 rings (SSSR count). The summed E-state index contributed by atoms with van der Waals surface area (Å²) in [5.41, 5.74) is 0.708. The molecule has 0 aliphatic heterocycles. The largest absolute Gasteiger partial charge is 0.316 e. The molecule has 112 valence electrons. The van der Waals surface area contributed by atoms with E-state index < -0.39 is 0 Å². The number of nitrogens with zero attached hydrogens (tertiary/aromatic N) is 1. The third-order valence-electron chi connectivity index (χ3n) is 3.47. The van der Waals surface area contributed by atoms with E-state index in [1.165, 1.54) is 41.9 Å². The molecular formula is C17H22N2OS. The third-order valence-corrected chi connectivity index (χ3v) is 4.47. The maximum atomic E-state index is 12.2. The van der Waals surface area contributed by atoms with Gasteiger partial charge in [0, 0.05) is 16.6 Å². The molecule has 1 heterocycles. The maximum absolute atomic E-state index is 12.2. The highest BCUT2D eigenvalue weighted by atomic mass is 32.1. The van der Waals surface area contributed by atoms with E-state index in [2.05, 4.69) is 6.92 Å². The number of Topliss-reactive ketones (excluding diaryl/α,β-unsaturated/α-hetero) is 1. The first-order chi connectivity index (χ1) is 10.2. The molecule has 3 nitrogen and oxygen atoms in total. The zero-order chi connectivity index (χ0) is 15.1. The number of aryl methyl sites for hydroxylation is 1. The second kappa shape index (κ2) is 7.93. The first-order valence-electron chi connectivity index (χ1n) is 7.52. The minimum atomic E-state index is 0.0597. The van der Waals surface area contributed by atoms with Crippen LogP contribution in [0.15, 0.2) is 36.5 Å². The van der Waals surface area contributed by atoms with Crippen LogP contribution in [0.1, 0.15) is 47.8 Å². The van der Waals surface area contributed by atoms with Gasteiger partial charge in [0.25, 0.3) is 0 Å². The number of unbranched alkanes of at least 4 members (excludes halogenated alkanes) is 3. The summed E-state index contributed by atoms with van der Waals surface area (Å²) in [4.78, 5) is 13.8. The minimum Gasteiger partial charge on any atom is -0.316 e. The topological polar surface area (TPSA) is 45.9 Å². The lowest BCUT2D eigenvalue weighted by atomic mass is 10.1. The average molecular weight is 302 g/mol. The van der Waals surface area contributed by atoms with E-state index in [-0.39, 0.29) is 12.3 Å². The van der Waals surface area contributed by atoms with Crippen molar-refractivity contribution in [2.24, 2.45) is 0 Å². The maximum Gasteiger partial charge on any atom is 0.182 e. The van der Waals surface area contributed by atoms with Crippen molar-refractivity contribution < 1.29 is 4.79 Å². The molecule has 0 unspecified atom stereocenters. The van der Waals surface area contributed by atoms with Gasteiger partial charge < -0.3 is 4.57 Å². The Balaban J connectivity index is 1.96. The van der Waals surface area contributed by atoms with E-state index in [1.54, 1.807) is 4.57 Å². The van der Waals surface area contributed by atoms with Crippen molar-refractivity contribution in [2.45, 2.75) is 45.6 Å². The van der Waals surface area contributed by atoms with Crippen LogP contribution in [0.25, 0.3) is 0 Å². The van der Waals surface area contributed by atoms with Crippen LogP contribution in [0, 0.1) is 5.41 Å². The Morgan fingerprint density at radius 3 is 2.67 bits per heavy atom. The number of aromatic nitrogens is 1. The molecule has 0 bridgehead atoms. The van der Waals surface area contributed by atoms with Crippen LogP contribution in [0.4, 0.5) is 0 Å². The number of hydrogen-bond acceptors (Lipinski definition) is 3. The van der Waals surface area contributed by atoms with Gasteiger partial charge in [0.05, 0.1) is 6.54 Å². The number of rotatable bonds is 8. The molecule has 4 heteroatoms. The van der Waals surface area contributed by atoms with Crippen LogP contribution >= 0.6 is 11.3 Å². The van der Waals surface area contributed by atoms with Crippen molar-refractivity contribution in [1.29, 1.82) is 5.41 Å². The molecule has 2 aromatic rings. The van der Waals surface area contributed by atoms with E-state index in [9.17, 15) is 4.79 Å². The lowest BCUT2D eigenvalue weighted by Gasteiger charge is -2.02. The molecule has 0 saturated heterocycles. The summed E-state index contributed by atoms with van der Waals surface area (Å²) in [6.07, 6.45) is 7.90. The predicted molar refractivity (Wildman–Crippen MR) is 86.8 cm³/mol. The van der Waals surface area contributed by atoms with Crippen LogP contribution in [-0.2, 0) is 13.0 Å². The molecule has 0 aliphatic carbocycles. The third kappa shape index (κ3) is 4.67. The molecule has 0 aliphatic rings. The number of carbonyl (C=O) groups excluding carboxylic acids is 1. The summed E-state index contributed by atoms with van der Waals surface area (Å²) in [6, 6.07) is 9.28. The fourth-order valence-electron chi connectivity index (χ4n) is 2.27. The van der Waals surface area contributed by atoms with E-state index >= 15 is 0 Å². The Labute approximate surface area is 129 Å². The first-order valence-corrected chi connectivity index (χ1v) is 8.34. The second-order valence-electron chi connectivity index (χ2n) is 5.23. The van der Waals surface area contributed by atoms with Gasteiger partial charge in [0.1, 0.15) is 0 Å². The molecule has 0 spiro atoms.